The van der Waals surface area contributed by atoms with Crippen molar-refractivity contribution in [3.63, 3.8) is 0 Å². The molecule has 0 amide bonds. The van der Waals surface area contributed by atoms with E-state index in [1.807, 2.05) is 6.07 Å². The SMILES string of the molecule is CCCn1sc2ncccc2c1=O. The minimum Gasteiger partial charge on any atom is -0.268 e. The molecule has 2 heterocycles. The van der Waals surface area contributed by atoms with Crippen molar-refractivity contribution in [2.24, 2.45) is 0 Å². The summed E-state index contributed by atoms with van der Waals surface area (Å²) in [5.41, 5.74) is 0.0925. The molecular formula is C9H10N2OS. The third-order valence-corrected chi connectivity index (χ3v) is 2.92. The second-order valence-corrected chi connectivity index (χ2v) is 3.86. The van der Waals surface area contributed by atoms with Crippen LogP contribution in [0.15, 0.2) is 23.1 Å². The lowest BCUT2D eigenvalue weighted by Crippen LogP contribution is -2.12. The van der Waals surface area contributed by atoms with Crippen molar-refractivity contribution < 1.29 is 0 Å². The van der Waals surface area contributed by atoms with Gasteiger partial charge in [0.05, 0.1) is 5.39 Å². The lowest BCUT2D eigenvalue weighted by molar-refractivity contribution is 0.716. The topological polar surface area (TPSA) is 34.9 Å². The maximum Gasteiger partial charge on any atom is 0.270 e. The van der Waals surface area contributed by atoms with Gasteiger partial charge in [0, 0.05) is 12.7 Å². The molecule has 0 bridgehead atoms. The van der Waals surface area contributed by atoms with E-state index in [0.29, 0.717) is 0 Å². The Kier molecular flexibility index (Phi) is 2.14. The number of fused-ring (bicyclic) bond motifs is 1. The van der Waals surface area contributed by atoms with Crippen LogP contribution >= 0.6 is 11.5 Å². The average Bonchev–Trinajstić information content (AvgIpc) is 2.46. The fraction of sp³-hybridized carbons (Fsp3) is 0.333. The van der Waals surface area contributed by atoms with E-state index in [0.717, 1.165) is 23.2 Å². The summed E-state index contributed by atoms with van der Waals surface area (Å²) in [5, 5.41) is 0.737. The quantitative estimate of drug-likeness (QED) is 0.731. The number of aryl methyl sites for hydroxylation is 1. The van der Waals surface area contributed by atoms with Crippen molar-refractivity contribution >= 4 is 21.7 Å². The standard InChI is InChI=1S/C9H10N2OS/c1-2-6-11-9(12)7-4-3-5-10-8(7)13-11/h3-5H,2,6H2,1H3. The van der Waals surface area contributed by atoms with E-state index in [4.69, 9.17) is 0 Å². The van der Waals surface area contributed by atoms with Crippen molar-refractivity contribution in [2.75, 3.05) is 0 Å². The molecule has 0 aromatic carbocycles. The van der Waals surface area contributed by atoms with Crippen LogP contribution in [0.3, 0.4) is 0 Å². The molecule has 0 N–H and O–H groups in total. The van der Waals surface area contributed by atoms with Crippen molar-refractivity contribution in [1.29, 1.82) is 0 Å². The molecule has 13 heavy (non-hydrogen) atoms. The summed E-state index contributed by atoms with van der Waals surface area (Å²) in [6.45, 7) is 2.85. The van der Waals surface area contributed by atoms with Crippen molar-refractivity contribution in [3.8, 4) is 0 Å². The summed E-state index contributed by atoms with van der Waals surface area (Å²) in [4.78, 5) is 16.6. The van der Waals surface area contributed by atoms with E-state index in [2.05, 4.69) is 11.9 Å². The molecule has 0 spiro atoms. The normalized spacial score (nSPS) is 10.8. The summed E-state index contributed by atoms with van der Waals surface area (Å²) in [5.74, 6) is 0. The average molecular weight is 194 g/mol. The Morgan fingerprint density at radius 2 is 2.46 bits per heavy atom. The first-order valence-electron chi connectivity index (χ1n) is 4.27. The summed E-state index contributed by atoms with van der Waals surface area (Å²) < 4.78 is 1.76. The predicted molar refractivity (Wildman–Crippen MR) is 54.2 cm³/mol. The lowest BCUT2D eigenvalue weighted by atomic mass is 10.4. The van der Waals surface area contributed by atoms with E-state index in [-0.39, 0.29) is 5.56 Å². The maximum atomic E-state index is 11.7. The molecule has 0 saturated carbocycles. The van der Waals surface area contributed by atoms with E-state index in [1.165, 1.54) is 11.5 Å². The zero-order valence-corrected chi connectivity index (χ0v) is 8.17. The Morgan fingerprint density at radius 3 is 3.15 bits per heavy atom. The zero-order valence-electron chi connectivity index (χ0n) is 7.36. The molecule has 0 aliphatic heterocycles. The molecule has 0 aliphatic rings. The molecule has 0 fully saturated rings. The van der Waals surface area contributed by atoms with Crippen LogP contribution in [0.2, 0.25) is 0 Å². The van der Waals surface area contributed by atoms with Gasteiger partial charge in [0.1, 0.15) is 4.83 Å². The van der Waals surface area contributed by atoms with Gasteiger partial charge in [0.2, 0.25) is 0 Å². The molecule has 4 heteroatoms. The molecular weight excluding hydrogens is 184 g/mol. The van der Waals surface area contributed by atoms with Crippen LogP contribution in [-0.4, -0.2) is 8.94 Å². The Bertz CT molecular complexity index is 472. The second-order valence-electron chi connectivity index (χ2n) is 2.85. The third kappa shape index (κ3) is 1.37. The van der Waals surface area contributed by atoms with Gasteiger partial charge in [-0.15, -0.1) is 0 Å². The monoisotopic (exact) mass is 194 g/mol. The van der Waals surface area contributed by atoms with Gasteiger partial charge in [-0.25, -0.2) is 4.98 Å². The fourth-order valence-corrected chi connectivity index (χ4v) is 2.28. The first kappa shape index (κ1) is 8.44. The first-order valence-corrected chi connectivity index (χ1v) is 5.05. The molecule has 0 aliphatic carbocycles. The molecule has 0 atom stereocenters. The van der Waals surface area contributed by atoms with E-state index in [9.17, 15) is 4.79 Å². The highest BCUT2D eigenvalue weighted by Crippen LogP contribution is 2.12. The van der Waals surface area contributed by atoms with Crippen molar-refractivity contribution in [2.45, 2.75) is 19.9 Å². The molecule has 68 valence electrons. The van der Waals surface area contributed by atoms with Crippen LogP contribution in [0.1, 0.15) is 13.3 Å². The molecule has 0 saturated heterocycles. The summed E-state index contributed by atoms with van der Waals surface area (Å²) >= 11 is 1.44. The van der Waals surface area contributed by atoms with Crippen LogP contribution in [0.4, 0.5) is 0 Å². The fourth-order valence-electron chi connectivity index (χ4n) is 1.26. The minimum atomic E-state index is 0.0925. The van der Waals surface area contributed by atoms with Gasteiger partial charge >= 0.3 is 0 Å². The minimum absolute atomic E-state index is 0.0925. The summed E-state index contributed by atoms with van der Waals surface area (Å²) in [7, 11) is 0. The van der Waals surface area contributed by atoms with Gasteiger partial charge < -0.3 is 0 Å². The predicted octanol–water partition coefficient (Wildman–Crippen LogP) is 1.87. The van der Waals surface area contributed by atoms with Crippen LogP contribution in [0.25, 0.3) is 10.2 Å². The highest BCUT2D eigenvalue weighted by molar-refractivity contribution is 7.13. The summed E-state index contributed by atoms with van der Waals surface area (Å²) in [6, 6.07) is 3.63. The van der Waals surface area contributed by atoms with Crippen LogP contribution in [-0.2, 0) is 6.54 Å². The molecule has 2 rings (SSSR count). The van der Waals surface area contributed by atoms with Crippen LogP contribution in [0, 0.1) is 0 Å². The van der Waals surface area contributed by atoms with Crippen molar-refractivity contribution in [3.05, 3.63) is 28.7 Å². The van der Waals surface area contributed by atoms with Gasteiger partial charge in [0.25, 0.3) is 5.56 Å². The van der Waals surface area contributed by atoms with Gasteiger partial charge in [-0.05, 0) is 30.1 Å². The Morgan fingerprint density at radius 1 is 1.62 bits per heavy atom. The maximum absolute atomic E-state index is 11.7. The number of rotatable bonds is 2. The third-order valence-electron chi connectivity index (χ3n) is 1.85. The Labute approximate surface area is 79.8 Å². The number of aromatic nitrogens is 2. The van der Waals surface area contributed by atoms with Crippen LogP contribution < -0.4 is 5.56 Å². The van der Waals surface area contributed by atoms with Crippen molar-refractivity contribution in [1.82, 2.24) is 8.94 Å². The molecule has 0 radical (unpaired) electrons. The van der Waals surface area contributed by atoms with E-state index >= 15 is 0 Å². The molecule has 2 aromatic heterocycles. The molecule has 2 aromatic rings. The Hall–Kier alpha value is -1.16. The van der Waals surface area contributed by atoms with E-state index < -0.39 is 0 Å². The van der Waals surface area contributed by atoms with Gasteiger partial charge in [-0.2, -0.15) is 0 Å². The van der Waals surface area contributed by atoms with Gasteiger partial charge in [-0.1, -0.05) is 6.92 Å². The highest BCUT2D eigenvalue weighted by atomic mass is 32.1. The number of pyridine rings is 1. The van der Waals surface area contributed by atoms with Crippen LogP contribution in [0.5, 0.6) is 0 Å². The van der Waals surface area contributed by atoms with E-state index in [1.54, 1.807) is 16.2 Å². The first-order chi connectivity index (χ1) is 6.33. The molecule has 3 nitrogen and oxygen atoms in total. The summed E-state index contributed by atoms with van der Waals surface area (Å²) in [6.07, 6.45) is 2.70. The zero-order chi connectivity index (χ0) is 9.26. The highest BCUT2D eigenvalue weighted by Gasteiger charge is 2.05. The largest absolute Gasteiger partial charge is 0.270 e. The number of hydrogen-bond acceptors (Lipinski definition) is 3. The Balaban J connectivity index is 2.67. The second kappa shape index (κ2) is 3.30. The van der Waals surface area contributed by atoms with Gasteiger partial charge in [-0.3, -0.25) is 8.75 Å². The smallest absolute Gasteiger partial charge is 0.268 e. The number of nitrogens with zero attached hydrogens (tertiary/aromatic N) is 2. The lowest BCUT2D eigenvalue weighted by Gasteiger charge is -1.92. The van der Waals surface area contributed by atoms with Gasteiger partial charge in [0.15, 0.2) is 0 Å². The molecule has 0 unspecified atom stereocenters. The number of hydrogen-bond donors (Lipinski definition) is 0.